The van der Waals surface area contributed by atoms with Crippen LogP contribution in [0.1, 0.15) is 41.5 Å². The van der Waals surface area contributed by atoms with Crippen LogP contribution in [-0.2, 0) is 0 Å². The maximum Gasteiger partial charge on any atom is -0.0192 e. The molecule has 0 spiro atoms. The van der Waals surface area contributed by atoms with Gasteiger partial charge < -0.3 is 0 Å². The molecule has 0 amide bonds. The average molecular weight is 248 g/mol. The van der Waals surface area contributed by atoms with Gasteiger partial charge in [0.2, 0.25) is 0 Å². The molecule has 0 aliphatic heterocycles. The second kappa shape index (κ2) is 5.05. The Hall–Kier alpha value is -1.82. The van der Waals surface area contributed by atoms with Gasteiger partial charge >= 0.3 is 0 Å². The summed E-state index contributed by atoms with van der Waals surface area (Å²) in [4.78, 5) is 0. The van der Waals surface area contributed by atoms with Gasteiger partial charge in [0.1, 0.15) is 0 Å². The Morgan fingerprint density at radius 2 is 1.53 bits per heavy atom. The molecule has 96 valence electrons. The number of aryl methyl sites for hydroxylation is 2. The summed E-state index contributed by atoms with van der Waals surface area (Å²) < 4.78 is 0. The molecule has 0 fully saturated rings. The highest BCUT2D eigenvalue weighted by Crippen LogP contribution is 2.40. The van der Waals surface area contributed by atoms with Crippen molar-refractivity contribution in [3.8, 4) is 0 Å². The van der Waals surface area contributed by atoms with Crippen molar-refractivity contribution in [2.24, 2.45) is 0 Å². The molecule has 0 nitrogen and oxygen atoms in total. The van der Waals surface area contributed by atoms with E-state index in [0.717, 1.165) is 0 Å². The van der Waals surface area contributed by atoms with E-state index in [9.17, 15) is 0 Å². The maximum absolute atomic E-state index is 2.30. The van der Waals surface area contributed by atoms with Crippen LogP contribution in [0.2, 0.25) is 0 Å². The van der Waals surface area contributed by atoms with Crippen molar-refractivity contribution in [2.45, 2.75) is 33.1 Å². The molecule has 0 saturated heterocycles. The van der Waals surface area contributed by atoms with E-state index in [1.54, 1.807) is 11.1 Å². The summed E-state index contributed by atoms with van der Waals surface area (Å²) in [6, 6.07) is 17.7. The summed E-state index contributed by atoms with van der Waals surface area (Å²) in [5, 5.41) is 0. The van der Waals surface area contributed by atoms with Gasteiger partial charge in [0.25, 0.3) is 0 Å². The summed E-state index contributed by atoms with van der Waals surface area (Å²) in [7, 11) is 0. The van der Waals surface area contributed by atoms with Crippen LogP contribution in [0.3, 0.4) is 0 Å². The van der Waals surface area contributed by atoms with Gasteiger partial charge in [0, 0.05) is 0 Å². The molecule has 0 unspecified atom stereocenters. The Morgan fingerprint density at radius 1 is 0.789 bits per heavy atom. The molecule has 0 saturated carbocycles. The quantitative estimate of drug-likeness (QED) is 0.667. The molecule has 0 atom stereocenters. The van der Waals surface area contributed by atoms with Crippen molar-refractivity contribution < 1.29 is 0 Å². The number of rotatable bonds is 2. The van der Waals surface area contributed by atoms with Gasteiger partial charge in [0.05, 0.1) is 0 Å². The summed E-state index contributed by atoms with van der Waals surface area (Å²) in [5.41, 5.74) is 8.71. The average Bonchev–Trinajstić information content (AvgIpc) is 2.89. The first kappa shape index (κ1) is 12.2. The lowest BCUT2D eigenvalue weighted by atomic mass is 9.93. The Kier molecular flexibility index (Phi) is 3.25. The lowest BCUT2D eigenvalue weighted by Gasteiger charge is -2.12. The number of hydrogen-bond acceptors (Lipinski definition) is 0. The van der Waals surface area contributed by atoms with Crippen molar-refractivity contribution in [3.05, 3.63) is 70.8 Å². The van der Waals surface area contributed by atoms with Crippen molar-refractivity contribution in [1.29, 1.82) is 0 Å². The summed E-state index contributed by atoms with van der Waals surface area (Å²) in [6.07, 6.45) is 3.72. The lowest BCUT2D eigenvalue weighted by Crippen LogP contribution is -1.90. The van der Waals surface area contributed by atoms with Crippen LogP contribution in [0, 0.1) is 13.8 Å². The van der Waals surface area contributed by atoms with Crippen LogP contribution >= 0.6 is 0 Å². The summed E-state index contributed by atoms with van der Waals surface area (Å²) in [6.45, 7) is 4.40. The van der Waals surface area contributed by atoms with Gasteiger partial charge in [-0.3, -0.25) is 0 Å². The van der Waals surface area contributed by atoms with Gasteiger partial charge in [0.15, 0.2) is 0 Å². The van der Waals surface area contributed by atoms with E-state index in [4.69, 9.17) is 0 Å². The highest BCUT2D eigenvalue weighted by atomic mass is 14.2. The Bertz CT molecular complexity index is 618. The molecule has 0 aromatic heterocycles. The second-order valence-corrected chi connectivity index (χ2v) is 5.50. The van der Waals surface area contributed by atoms with E-state index in [-0.39, 0.29) is 0 Å². The predicted molar refractivity (Wildman–Crippen MR) is 83.0 cm³/mol. The number of benzene rings is 2. The minimum atomic E-state index is 1.21. The van der Waals surface area contributed by atoms with Crippen LogP contribution in [0.25, 0.3) is 11.1 Å². The monoisotopic (exact) mass is 248 g/mol. The molecule has 1 aliphatic rings. The van der Waals surface area contributed by atoms with E-state index < -0.39 is 0 Å². The van der Waals surface area contributed by atoms with Gasteiger partial charge in [-0.1, -0.05) is 54.1 Å². The minimum absolute atomic E-state index is 1.21. The smallest absolute Gasteiger partial charge is 0.0192 e. The predicted octanol–water partition coefficient (Wildman–Crippen LogP) is 5.40. The first-order valence-electron chi connectivity index (χ1n) is 7.11. The normalized spacial score (nSPS) is 15.1. The van der Waals surface area contributed by atoms with Crippen LogP contribution in [0.5, 0.6) is 0 Å². The highest BCUT2D eigenvalue weighted by Gasteiger charge is 2.18. The molecule has 0 radical (unpaired) electrons. The largest absolute Gasteiger partial charge is 0.0622 e. The fourth-order valence-electron chi connectivity index (χ4n) is 3.15. The minimum Gasteiger partial charge on any atom is -0.0622 e. The van der Waals surface area contributed by atoms with Crippen molar-refractivity contribution in [2.75, 3.05) is 0 Å². The van der Waals surface area contributed by atoms with E-state index in [1.807, 2.05) is 0 Å². The zero-order valence-electron chi connectivity index (χ0n) is 11.7. The van der Waals surface area contributed by atoms with E-state index >= 15 is 0 Å². The SMILES string of the molecule is Cc1ccc(C2=C(c3ccccc3)CCC2)c(C)c1. The number of allylic oxidation sites excluding steroid dienone is 2. The summed E-state index contributed by atoms with van der Waals surface area (Å²) >= 11 is 0. The first-order chi connectivity index (χ1) is 9.25. The molecule has 0 heteroatoms. The van der Waals surface area contributed by atoms with Crippen molar-refractivity contribution in [3.63, 3.8) is 0 Å². The van der Waals surface area contributed by atoms with Gasteiger partial charge in [-0.15, -0.1) is 0 Å². The zero-order chi connectivity index (χ0) is 13.2. The van der Waals surface area contributed by atoms with E-state index in [0.29, 0.717) is 0 Å². The topological polar surface area (TPSA) is 0 Å². The molecule has 2 aromatic carbocycles. The molecular formula is C19H20. The lowest BCUT2D eigenvalue weighted by molar-refractivity contribution is 0.941. The fraction of sp³-hybridized carbons (Fsp3) is 0.263. The molecule has 1 aliphatic carbocycles. The van der Waals surface area contributed by atoms with Crippen LogP contribution in [0.15, 0.2) is 48.5 Å². The van der Waals surface area contributed by atoms with Crippen LogP contribution in [0.4, 0.5) is 0 Å². The molecule has 0 heterocycles. The Morgan fingerprint density at radius 3 is 2.26 bits per heavy atom. The third-order valence-corrected chi connectivity index (χ3v) is 4.05. The molecule has 2 aromatic rings. The van der Waals surface area contributed by atoms with Gasteiger partial charge in [-0.2, -0.15) is 0 Å². The molecule has 0 N–H and O–H groups in total. The molecule has 3 rings (SSSR count). The van der Waals surface area contributed by atoms with Crippen molar-refractivity contribution in [1.82, 2.24) is 0 Å². The van der Waals surface area contributed by atoms with Gasteiger partial charge in [-0.05, 0) is 60.9 Å². The Labute approximate surface area is 115 Å². The van der Waals surface area contributed by atoms with Crippen molar-refractivity contribution >= 4 is 11.1 Å². The standard InChI is InChI=1S/C19H20/c1-14-11-12-17(15(2)13-14)19-10-6-9-18(19)16-7-4-3-5-8-16/h3-5,7-8,11-13H,6,9-10H2,1-2H3. The molecular weight excluding hydrogens is 228 g/mol. The molecule has 0 bridgehead atoms. The fourth-order valence-corrected chi connectivity index (χ4v) is 3.15. The summed E-state index contributed by atoms with van der Waals surface area (Å²) in [5.74, 6) is 0. The zero-order valence-corrected chi connectivity index (χ0v) is 11.7. The van der Waals surface area contributed by atoms with Crippen LogP contribution < -0.4 is 0 Å². The third-order valence-electron chi connectivity index (χ3n) is 4.05. The maximum atomic E-state index is 2.30. The van der Waals surface area contributed by atoms with Gasteiger partial charge in [-0.25, -0.2) is 0 Å². The third kappa shape index (κ3) is 2.35. The highest BCUT2D eigenvalue weighted by molar-refractivity contribution is 5.93. The van der Waals surface area contributed by atoms with E-state index in [1.165, 1.54) is 41.5 Å². The number of hydrogen-bond donors (Lipinski definition) is 0. The second-order valence-electron chi connectivity index (χ2n) is 5.50. The first-order valence-corrected chi connectivity index (χ1v) is 7.11. The molecule has 19 heavy (non-hydrogen) atoms. The van der Waals surface area contributed by atoms with Crippen LogP contribution in [-0.4, -0.2) is 0 Å². The van der Waals surface area contributed by atoms with E-state index in [2.05, 4.69) is 62.4 Å². The Balaban J connectivity index is 2.12.